The lowest BCUT2D eigenvalue weighted by Crippen LogP contribution is -2.15. The minimum absolute atomic E-state index is 0.00924. The molecule has 1 heterocycles. The van der Waals surface area contributed by atoms with E-state index < -0.39 is 15.8 Å². The van der Waals surface area contributed by atoms with Gasteiger partial charge in [-0.3, -0.25) is 14.9 Å². The van der Waals surface area contributed by atoms with Gasteiger partial charge in [0.15, 0.2) is 0 Å². The third kappa shape index (κ3) is 4.50. The Bertz CT molecular complexity index is 831. The van der Waals surface area contributed by atoms with Crippen LogP contribution in [0.3, 0.4) is 0 Å². The van der Waals surface area contributed by atoms with E-state index in [1.54, 1.807) is 6.92 Å². The standard InChI is InChI=1S/C14H15N5O6/c1-9-5-13(19(23)24)16-17(9)4-3-14(20)15-10-6-11(18(21)22)8-12(7-10)25-2/h5-8H,3-4H2,1-2H3,(H,15,20). The number of aryl methyl sites for hydroxylation is 2. The molecule has 0 saturated carbocycles. The fourth-order valence-electron chi connectivity index (χ4n) is 2.12. The minimum Gasteiger partial charge on any atom is -0.496 e. The van der Waals surface area contributed by atoms with E-state index in [9.17, 15) is 25.0 Å². The number of rotatable bonds is 7. The second kappa shape index (κ2) is 7.38. The molecule has 0 aliphatic carbocycles. The zero-order chi connectivity index (χ0) is 18.6. The van der Waals surface area contributed by atoms with E-state index in [2.05, 4.69) is 10.4 Å². The van der Waals surface area contributed by atoms with Crippen LogP contribution in [0, 0.1) is 27.2 Å². The fourth-order valence-corrected chi connectivity index (χ4v) is 2.12. The molecule has 132 valence electrons. The van der Waals surface area contributed by atoms with E-state index >= 15 is 0 Å². The van der Waals surface area contributed by atoms with Gasteiger partial charge in [-0.25, -0.2) is 0 Å². The molecule has 2 aromatic rings. The summed E-state index contributed by atoms with van der Waals surface area (Å²) in [5.41, 5.74) is 0.559. The first kappa shape index (κ1) is 17.8. The Morgan fingerprint density at radius 1 is 1.24 bits per heavy atom. The summed E-state index contributed by atoms with van der Waals surface area (Å²) in [4.78, 5) is 32.4. The van der Waals surface area contributed by atoms with Crippen molar-refractivity contribution < 1.29 is 19.4 Å². The van der Waals surface area contributed by atoms with Crippen molar-refractivity contribution in [3.8, 4) is 5.75 Å². The maximum Gasteiger partial charge on any atom is 0.390 e. The summed E-state index contributed by atoms with van der Waals surface area (Å²) < 4.78 is 6.32. The number of nitro benzene ring substituents is 1. The van der Waals surface area contributed by atoms with Crippen molar-refractivity contribution in [2.45, 2.75) is 19.9 Å². The first-order valence-corrected chi connectivity index (χ1v) is 7.12. The maximum atomic E-state index is 12.0. The topological polar surface area (TPSA) is 142 Å². The Balaban J connectivity index is 2.04. The number of non-ortho nitro benzene ring substituents is 1. The number of benzene rings is 1. The molecule has 0 bridgehead atoms. The van der Waals surface area contributed by atoms with Gasteiger partial charge in [0, 0.05) is 18.6 Å². The Morgan fingerprint density at radius 3 is 2.52 bits per heavy atom. The van der Waals surface area contributed by atoms with Gasteiger partial charge < -0.3 is 20.2 Å². The molecule has 0 spiro atoms. The van der Waals surface area contributed by atoms with E-state index in [0.29, 0.717) is 5.69 Å². The minimum atomic E-state index is -0.612. The Labute approximate surface area is 141 Å². The summed E-state index contributed by atoms with van der Waals surface area (Å²) in [5, 5.41) is 27.9. The lowest BCUT2D eigenvalue weighted by Gasteiger charge is -2.07. The smallest absolute Gasteiger partial charge is 0.390 e. The summed E-state index contributed by atoms with van der Waals surface area (Å²) >= 11 is 0. The summed E-state index contributed by atoms with van der Waals surface area (Å²) in [6.07, 6.45) is -0.00924. The normalized spacial score (nSPS) is 10.3. The average molecular weight is 349 g/mol. The van der Waals surface area contributed by atoms with Crippen molar-refractivity contribution in [3.05, 3.63) is 50.2 Å². The molecule has 25 heavy (non-hydrogen) atoms. The third-order valence-electron chi connectivity index (χ3n) is 3.33. The zero-order valence-corrected chi connectivity index (χ0v) is 13.5. The van der Waals surface area contributed by atoms with Crippen LogP contribution in [0.5, 0.6) is 5.75 Å². The van der Waals surface area contributed by atoms with Crippen LogP contribution in [0.4, 0.5) is 17.2 Å². The number of nitro groups is 2. The number of carbonyl (C=O) groups excluding carboxylic acids is 1. The van der Waals surface area contributed by atoms with Gasteiger partial charge in [-0.2, -0.15) is 4.68 Å². The van der Waals surface area contributed by atoms with Crippen LogP contribution in [-0.2, 0) is 11.3 Å². The van der Waals surface area contributed by atoms with Crippen molar-refractivity contribution in [1.82, 2.24) is 9.78 Å². The van der Waals surface area contributed by atoms with Crippen molar-refractivity contribution in [2.75, 3.05) is 12.4 Å². The number of hydrogen-bond acceptors (Lipinski definition) is 7. The molecular weight excluding hydrogens is 334 g/mol. The molecule has 1 amide bonds. The second-order valence-electron chi connectivity index (χ2n) is 5.10. The van der Waals surface area contributed by atoms with E-state index in [1.807, 2.05) is 0 Å². The SMILES string of the molecule is COc1cc(NC(=O)CCn2nc([N+](=O)[O-])cc2C)cc([N+](=O)[O-])c1. The van der Waals surface area contributed by atoms with Gasteiger partial charge in [0.2, 0.25) is 5.91 Å². The molecular formula is C14H15N5O6. The molecule has 1 aromatic carbocycles. The number of methoxy groups -OCH3 is 1. The van der Waals surface area contributed by atoms with Crippen LogP contribution in [0.2, 0.25) is 0 Å². The van der Waals surface area contributed by atoms with Gasteiger partial charge in [-0.05, 0) is 11.8 Å². The number of nitrogens with one attached hydrogen (secondary N) is 1. The number of hydrogen-bond donors (Lipinski definition) is 1. The first-order valence-electron chi connectivity index (χ1n) is 7.12. The molecule has 0 aliphatic heterocycles. The highest BCUT2D eigenvalue weighted by atomic mass is 16.6. The predicted molar refractivity (Wildman–Crippen MR) is 86.5 cm³/mol. The Morgan fingerprint density at radius 2 is 1.96 bits per heavy atom. The quantitative estimate of drug-likeness (QED) is 0.595. The van der Waals surface area contributed by atoms with Crippen LogP contribution in [0.25, 0.3) is 0 Å². The van der Waals surface area contributed by atoms with E-state index in [-0.39, 0.29) is 35.9 Å². The van der Waals surface area contributed by atoms with Gasteiger partial charge in [0.25, 0.3) is 5.69 Å². The Hall–Kier alpha value is -3.50. The molecule has 2 rings (SSSR count). The highest BCUT2D eigenvalue weighted by Crippen LogP contribution is 2.25. The van der Waals surface area contributed by atoms with Gasteiger partial charge in [-0.15, -0.1) is 0 Å². The average Bonchev–Trinajstić information content (AvgIpc) is 2.93. The summed E-state index contributed by atoms with van der Waals surface area (Å²) in [6, 6.07) is 5.21. The molecule has 0 fully saturated rings. The van der Waals surface area contributed by atoms with Crippen LogP contribution in [-0.4, -0.2) is 32.6 Å². The van der Waals surface area contributed by atoms with E-state index in [0.717, 1.165) is 0 Å². The molecule has 1 aromatic heterocycles. The Kier molecular flexibility index (Phi) is 5.27. The number of ether oxygens (including phenoxy) is 1. The zero-order valence-electron chi connectivity index (χ0n) is 13.5. The van der Waals surface area contributed by atoms with Crippen LogP contribution < -0.4 is 10.1 Å². The van der Waals surface area contributed by atoms with Gasteiger partial charge in [0.1, 0.15) is 5.75 Å². The highest BCUT2D eigenvalue weighted by Gasteiger charge is 2.17. The number of amides is 1. The van der Waals surface area contributed by atoms with E-state index in [4.69, 9.17) is 4.74 Å². The van der Waals surface area contributed by atoms with Crippen LogP contribution in [0.1, 0.15) is 12.1 Å². The van der Waals surface area contributed by atoms with Gasteiger partial charge in [-0.1, -0.05) is 0 Å². The molecule has 1 N–H and O–H groups in total. The van der Waals surface area contributed by atoms with Gasteiger partial charge >= 0.3 is 5.82 Å². The molecule has 0 aliphatic rings. The number of carbonyl (C=O) groups is 1. The molecule has 0 unspecified atom stereocenters. The molecule has 11 nitrogen and oxygen atoms in total. The summed E-state index contributed by atoms with van der Waals surface area (Å²) in [6.45, 7) is 1.78. The molecule has 0 radical (unpaired) electrons. The highest BCUT2D eigenvalue weighted by molar-refractivity contribution is 5.91. The second-order valence-corrected chi connectivity index (χ2v) is 5.10. The predicted octanol–water partition coefficient (Wildman–Crippen LogP) is 2.05. The lowest BCUT2D eigenvalue weighted by atomic mass is 10.2. The van der Waals surface area contributed by atoms with Crippen LogP contribution >= 0.6 is 0 Å². The molecule has 0 saturated heterocycles. The largest absolute Gasteiger partial charge is 0.496 e. The molecule has 11 heteroatoms. The molecule has 0 atom stereocenters. The van der Waals surface area contributed by atoms with Gasteiger partial charge in [0.05, 0.1) is 47.2 Å². The van der Waals surface area contributed by atoms with Crippen LogP contribution in [0.15, 0.2) is 24.3 Å². The van der Waals surface area contributed by atoms with Crippen molar-refractivity contribution >= 4 is 23.1 Å². The number of anilines is 1. The fraction of sp³-hybridized carbons (Fsp3) is 0.286. The lowest BCUT2D eigenvalue weighted by molar-refractivity contribution is -0.389. The van der Waals surface area contributed by atoms with Crippen molar-refractivity contribution in [3.63, 3.8) is 0 Å². The monoisotopic (exact) mass is 349 g/mol. The summed E-state index contributed by atoms with van der Waals surface area (Å²) in [5.74, 6) is -0.468. The third-order valence-corrected chi connectivity index (χ3v) is 3.33. The summed E-state index contributed by atoms with van der Waals surface area (Å²) in [7, 11) is 1.36. The number of aromatic nitrogens is 2. The van der Waals surface area contributed by atoms with Crippen molar-refractivity contribution in [1.29, 1.82) is 0 Å². The maximum absolute atomic E-state index is 12.0. The van der Waals surface area contributed by atoms with E-state index in [1.165, 1.54) is 36.1 Å². The van der Waals surface area contributed by atoms with Crippen molar-refractivity contribution in [2.24, 2.45) is 0 Å². The first-order chi connectivity index (χ1) is 11.8. The number of nitrogens with zero attached hydrogens (tertiary/aromatic N) is 4.